The maximum absolute atomic E-state index is 5.74. The lowest BCUT2D eigenvalue weighted by molar-refractivity contribution is 0.698. The van der Waals surface area contributed by atoms with Crippen LogP contribution >= 0.6 is 11.6 Å². The quantitative estimate of drug-likeness (QED) is 0.859. The van der Waals surface area contributed by atoms with Gasteiger partial charge in [-0.05, 0) is 36.1 Å². The van der Waals surface area contributed by atoms with Gasteiger partial charge in [0.1, 0.15) is 0 Å². The lowest BCUT2D eigenvalue weighted by Crippen LogP contribution is -2.04. The molecule has 2 rings (SSSR count). The van der Waals surface area contributed by atoms with Gasteiger partial charge in [0.2, 0.25) is 0 Å². The molecule has 0 bridgehead atoms. The van der Waals surface area contributed by atoms with Crippen molar-refractivity contribution >= 4 is 11.6 Å². The van der Waals surface area contributed by atoms with Gasteiger partial charge in [0.05, 0.1) is 17.6 Å². The third-order valence-electron chi connectivity index (χ3n) is 3.02. The molecule has 0 aromatic carbocycles. The first-order valence-corrected chi connectivity index (χ1v) is 6.74. The third kappa shape index (κ3) is 3.70. The van der Waals surface area contributed by atoms with Crippen molar-refractivity contribution in [2.75, 3.05) is 0 Å². The molecule has 0 aliphatic carbocycles. The number of hydrogen-bond acceptors (Lipinski definition) is 4. The summed E-state index contributed by atoms with van der Waals surface area (Å²) in [5.74, 6) is 0.659. The summed E-state index contributed by atoms with van der Waals surface area (Å²) in [5, 5.41) is 16.6. The number of rotatable bonds is 4. The Morgan fingerprint density at radius 2 is 1.84 bits per heavy atom. The maximum atomic E-state index is 5.74. The molecule has 0 aliphatic rings. The Balaban J connectivity index is 2.12. The summed E-state index contributed by atoms with van der Waals surface area (Å²) < 4.78 is 0. The first-order chi connectivity index (χ1) is 9.06. The summed E-state index contributed by atoms with van der Waals surface area (Å²) >= 11 is 5.74. The molecule has 0 fully saturated rings. The number of aromatic nitrogens is 4. The van der Waals surface area contributed by atoms with Gasteiger partial charge >= 0.3 is 0 Å². The second-order valence-electron chi connectivity index (χ2n) is 5.03. The van der Waals surface area contributed by atoms with E-state index in [-0.39, 0.29) is 5.92 Å². The molecule has 0 aliphatic heterocycles. The normalized spacial score (nSPS) is 12.7. The van der Waals surface area contributed by atoms with Gasteiger partial charge in [0.15, 0.2) is 5.15 Å². The van der Waals surface area contributed by atoms with Crippen LogP contribution in [0.1, 0.15) is 49.6 Å². The molecule has 2 aromatic rings. The standard InChI is InChI=1S/C14H17ClN4/c1-9(2)13-7-11(8-16-17-13)6-10(3)12-4-5-14(15)19-18-12/h4-5,7-10H,6H2,1-3H3. The number of nitrogens with zero attached hydrogens (tertiary/aromatic N) is 4. The van der Waals surface area contributed by atoms with E-state index in [1.54, 1.807) is 6.07 Å². The van der Waals surface area contributed by atoms with Crippen molar-refractivity contribution in [3.8, 4) is 0 Å². The molecular weight excluding hydrogens is 260 g/mol. The Hall–Kier alpha value is -1.55. The highest BCUT2D eigenvalue weighted by Crippen LogP contribution is 2.20. The zero-order chi connectivity index (χ0) is 13.8. The van der Waals surface area contributed by atoms with Crippen molar-refractivity contribution in [2.24, 2.45) is 0 Å². The van der Waals surface area contributed by atoms with Crippen LogP contribution in [0.5, 0.6) is 0 Å². The molecule has 2 aromatic heterocycles. The summed E-state index contributed by atoms with van der Waals surface area (Å²) in [6.45, 7) is 6.34. The van der Waals surface area contributed by atoms with Crippen LogP contribution in [0, 0.1) is 0 Å². The van der Waals surface area contributed by atoms with E-state index in [1.807, 2.05) is 12.3 Å². The fourth-order valence-corrected chi connectivity index (χ4v) is 1.97. The van der Waals surface area contributed by atoms with Crippen LogP contribution < -0.4 is 0 Å². The maximum Gasteiger partial charge on any atom is 0.151 e. The first-order valence-electron chi connectivity index (χ1n) is 6.37. The predicted octanol–water partition coefficient (Wildman–Crippen LogP) is 3.39. The molecule has 0 spiro atoms. The molecule has 1 unspecified atom stereocenters. The van der Waals surface area contributed by atoms with Crippen LogP contribution in [-0.4, -0.2) is 20.4 Å². The van der Waals surface area contributed by atoms with E-state index >= 15 is 0 Å². The Labute approximate surface area is 118 Å². The van der Waals surface area contributed by atoms with Gasteiger partial charge in [-0.2, -0.15) is 15.3 Å². The molecule has 0 N–H and O–H groups in total. The second-order valence-corrected chi connectivity index (χ2v) is 5.42. The molecule has 0 radical (unpaired) electrons. The van der Waals surface area contributed by atoms with Crippen molar-refractivity contribution < 1.29 is 0 Å². The molecule has 5 heteroatoms. The largest absolute Gasteiger partial charge is 0.159 e. The molecule has 100 valence electrons. The van der Waals surface area contributed by atoms with E-state index in [0.717, 1.165) is 17.8 Å². The molecular formula is C14H17ClN4. The van der Waals surface area contributed by atoms with Crippen LogP contribution in [-0.2, 0) is 6.42 Å². The van der Waals surface area contributed by atoms with E-state index in [9.17, 15) is 0 Å². The monoisotopic (exact) mass is 276 g/mol. The molecule has 1 atom stereocenters. The molecule has 19 heavy (non-hydrogen) atoms. The lowest BCUT2D eigenvalue weighted by Gasteiger charge is -2.11. The van der Waals surface area contributed by atoms with Crippen molar-refractivity contribution in [3.05, 3.63) is 46.5 Å². The Morgan fingerprint density at radius 3 is 2.47 bits per heavy atom. The zero-order valence-electron chi connectivity index (χ0n) is 11.3. The summed E-state index contributed by atoms with van der Waals surface area (Å²) in [4.78, 5) is 0. The minimum atomic E-state index is 0.272. The van der Waals surface area contributed by atoms with E-state index in [0.29, 0.717) is 11.1 Å². The van der Waals surface area contributed by atoms with Gasteiger partial charge in [0.25, 0.3) is 0 Å². The van der Waals surface area contributed by atoms with Crippen molar-refractivity contribution in [3.63, 3.8) is 0 Å². The van der Waals surface area contributed by atoms with E-state index in [4.69, 9.17) is 11.6 Å². The second kappa shape index (κ2) is 6.06. The highest BCUT2D eigenvalue weighted by atomic mass is 35.5. The molecule has 0 amide bonds. The van der Waals surface area contributed by atoms with Gasteiger partial charge in [-0.3, -0.25) is 0 Å². The van der Waals surface area contributed by atoms with Gasteiger partial charge in [-0.25, -0.2) is 0 Å². The van der Waals surface area contributed by atoms with Crippen LogP contribution in [0.25, 0.3) is 0 Å². The highest BCUT2D eigenvalue weighted by Gasteiger charge is 2.11. The third-order valence-corrected chi connectivity index (χ3v) is 3.22. The molecule has 0 saturated heterocycles. The predicted molar refractivity (Wildman–Crippen MR) is 75.3 cm³/mol. The van der Waals surface area contributed by atoms with Crippen molar-refractivity contribution in [2.45, 2.75) is 39.0 Å². The number of hydrogen-bond donors (Lipinski definition) is 0. The molecule has 0 saturated carbocycles. The summed E-state index contributed by atoms with van der Waals surface area (Å²) in [6.07, 6.45) is 2.68. The molecule has 2 heterocycles. The Bertz CT molecular complexity index is 539. The molecule has 4 nitrogen and oxygen atoms in total. The fourth-order valence-electron chi connectivity index (χ4n) is 1.87. The first kappa shape index (κ1) is 13.9. The minimum absolute atomic E-state index is 0.272. The lowest BCUT2D eigenvalue weighted by atomic mass is 9.98. The topological polar surface area (TPSA) is 51.6 Å². The average Bonchev–Trinajstić information content (AvgIpc) is 2.39. The SMILES string of the molecule is CC(C)c1cc(CC(C)c2ccc(Cl)nn2)cnn1. The summed E-state index contributed by atoms with van der Waals surface area (Å²) in [5.41, 5.74) is 3.13. The number of halogens is 1. The van der Waals surface area contributed by atoms with Gasteiger partial charge in [0, 0.05) is 5.92 Å². The summed E-state index contributed by atoms with van der Waals surface area (Å²) in [6, 6.07) is 5.79. The van der Waals surface area contributed by atoms with Crippen molar-refractivity contribution in [1.29, 1.82) is 0 Å². The Kier molecular flexibility index (Phi) is 4.43. The Morgan fingerprint density at radius 1 is 1.05 bits per heavy atom. The van der Waals surface area contributed by atoms with Crippen molar-refractivity contribution in [1.82, 2.24) is 20.4 Å². The van der Waals surface area contributed by atoms with E-state index < -0.39 is 0 Å². The van der Waals surface area contributed by atoms with Crippen LogP contribution in [0.3, 0.4) is 0 Å². The van der Waals surface area contributed by atoms with E-state index in [1.165, 1.54) is 5.56 Å². The average molecular weight is 277 g/mol. The van der Waals surface area contributed by atoms with Crippen LogP contribution in [0.4, 0.5) is 0 Å². The zero-order valence-corrected chi connectivity index (χ0v) is 12.1. The van der Waals surface area contributed by atoms with Crippen LogP contribution in [0.2, 0.25) is 5.15 Å². The smallest absolute Gasteiger partial charge is 0.151 e. The minimum Gasteiger partial charge on any atom is -0.159 e. The van der Waals surface area contributed by atoms with E-state index in [2.05, 4.69) is 47.2 Å². The van der Waals surface area contributed by atoms with Gasteiger partial charge < -0.3 is 0 Å². The van der Waals surface area contributed by atoms with Gasteiger partial charge in [-0.1, -0.05) is 32.4 Å². The van der Waals surface area contributed by atoms with Gasteiger partial charge in [-0.15, -0.1) is 5.10 Å². The summed E-state index contributed by atoms with van der Waals surface area (Å²) in [7, 11) is 0. The fraction of sp³-hybridized carbons (Fsp3) is 0.429. The van der Waals surface area contributed by atoms with Crippen LogP contribution in [0.15, 0.2) is 24.4 Å². The highest BCUT2D eigenvalue weighted by molar-refractivity contribution is 6.29.